The van der Waals surface area contributed by atoms with Gasteiger partial charge < -0.3 is 10.2 Å². The van der Waals surface area contributed by atoms with Crippen molar-refractivity contribution in [1.82, 2.24) is 15.4 Å². The average molecular weight is 418 g/mol. The smallest absolute Gasteiger partial charge is 0.267 e. The number of hydroxylamine groups is 1. The number of carbonyl (C=O) groups is 1. The summed E-state index contributed by atoms with van der Waals surface area (Å²) in [6, 6.07) is 16.2. The van der Waals surface area contributed by atoms with Crippen LogP contribution in [0.15, 0.2) is 59.8 Å². The van der Waals surface area contributed by atoms with Crippen molar-refractivity contribution < 1.29 is 15.2 Å². The van der Waals surface area contributed by atoms with Gasteiger partial charge in [0.15, 0.2) is 0 Å². The number of carbonyl (C=O) groups excluding carboxylic acids is 1. The van der Waals surface area contributed by atoms with E-state index in [0.29, 0.717) is 6.54 Å². The Morgan fingerprint density at radius 2 is 2.03 bits per heavy atom. The van der Waals surface area contributed by atoms with Gasteiger partial charge in [0.1, 0.15) is 0 Å². The number of oxime groups is 1. The number of piperidine rings is 1. The monoisotopic (exact) mass is 418 g/mol. The van der Waals surface area contributed by atoms with E-state index >= 15 is 0 Å². The largest absolute Gasteiger partial charge is 0.411 e. The summed E-state index contributed by atoms with van der Waals surface area (Å²) < 4.78 is 0. The van der Waals surface area contributed by atoms with E-state index in [1.165, 1.54) is 17.0 Å². The Balaban J connectivity index is 1.52. The molecule has 1 amide bonds. The van der Waals surface area contributed by atoms with Crippen molar-refractivity contribution in [2.75, 3.05) is 13.1 Å². The first-order chi connectivity index (χ1) is 15.1. The van der Waals surface area contributed by atoms with Gasteiger partial charge in [0, 0.05) is 48.2 Å². The number of aryl methyl sites for hydroxylation is 1. The van der Waals surface area contributed by atoms with Gasteiger partial charge in [-0.25, -0.2) is 5.48 Å². The van der Waals surface area contributed by atoms with Gasteiger partial charge in [0.2, 0.25) is 0 Å². The van der Waals surface area contributed by atoms with Crippen LogP contribution < -0.4 is 5.48 Å². The van der Waals surface area contributed by atoms with Crippen LogP contribution in [0.5, 0.6) is 0 Å². The first-order valence-corrected chi connectivity index (χ1v) is 10.3. The number of nitrogens with one attached hydrogen (secondary N) is 2. The van der Waals surface area contributed by atoms with Crippen molar-refractivity contribution in [3.63, 3.8) is 0 Å². The lowest BCUT2D eigenvalue weighted by molar-refractivity contribution is -0.124. The van der Waals surface area contributed by atoms with Gasteiger partial charge in [0.05, 0.1) is 5.71 Å². The normalized spacial score (nSPS) is 18.8. The standard InChI is InChI=1S/C24H26N4O3/c1-16-24(21-4-2-3-5-22(21)25-16)19-12-20(26-30)15-28(14-19)13-18-8-6-17(7-9-18)10-11-23(29)27-31/h2-11,19,25,30-31H,12-15H2,1H3,(H,27,29)/b11-10+,26-20-. The zero-order chi connectivity index (χ0) is 21.8. The number of aromatic nitrogens is 1. The van der Waals surface area contributed by atoms with Crippen LogP contribution in [0.4, 0.5) is 0 Å². The number of hydrogen-bond donors (Lipinski definition) is 4. The number of rotatable bonds is 5. The number of H-pyrrole nitrogens is 1. The van der Waals surface area contributed by atoms with Gasteiger partial charge in [0.25, 0.3) is 5.91 Å². The molecule has 0 saturated carbocycles. The first kappa shape index (κ1) is 20.8. The highest BCUT2D eigenvalue weighted by Gasteiger charge is 2.28. The average Bonchev–Trinajstić information content (AvgIpc) is 3.13. The molecule has 4 N–H and O–H groups in total. The fraction of sp³-hybridized carbons (Fsp3) is 0.250. The molecular formula is C24H26N4O3. The van der Waals surface area contributed by atoms with Crippen LogP contribution in [0.2, 0.25) is 0 Å². The Kier molecular flexibility index (Phi) is 6.16. The Morgan fingerprint density at radius 3 is 2.77 bits per heavy atom. The number of hydrogen-bond acceptors (Lipinski definition) is 5. The molecule has 0 spiro atoms. The van der Waals surface area contributed by atoms with Crippen molar-refractivity contribution >= 4 is 28.6 Å². The van der Waals surface area contributed by atoms with Crippen LogP contribution in [0.25, 0.3) is 17.0 Å². The quantitative estimate of drug-likeness (QED) is 0.219. The van der Waals surface area contributed by atoms with Crippen LogP contribution in [-0.2, 0) is 11.3 Å². The number of nitrogens with zero attached hydrogens (tertiary/aromatic N) is 2. The third kappa shape index (κ3) is 4.68. The molecule has 2 heterocycles. The summed E-state index contributed by atoms with van der Waals surface area (Å²) in [6.45, 7) is 4.35. The van der Waals surface area contributed by atoms with Crippen LogP contribution in [0.3, 0.4) is 0 Å². The van der Waals surface area contributed by atoms with E-state index < -0.39 is 5.91 Å². The molecule has 0 bridgehead atoms. The molecule has 1 aliphatic rings. The van der Waals surface area contributed by atoms with E-state index in [2.05, 4.69) is 40.2 Å². The zero-order valence-electron chi connectivity index (χ0n) is 17.4. The summed E-state index contributed by atoms with van der Waals surface area (Å²) in [5.41, 5.74) is 7.96. The Hall–Kier alpha value is -3.42. The van der Waals surface area contributed by atoms with E-state index in [-0.39, 0.29) is 5.92 Å². The second kappa shape index (κ2) is 9.16. The molecule has 1 atom stereocenters. The van der Waals surface area contributed by atoms with Crippen LogP contribution in [0.1, 0.15) is 34.7 Å². The molecule has 0 radical (unpaired) electrons. The molecule has 0 aliphatic carbocycles. The number of aromatic amines is 1. The third-order valence-electron chi connectivity index (χ3n) is 5.78. The fourth-order valence-corrected chi connectivity index (χ4v) is 4.46. The van der Waals surface area contributed by atoms with E-state index in [0.717, 1.165) is 47.6 Å². The molecule has 160 valence electrons. The third-order valence-corrected chi connectivity index (χ3v) is 5.78. The highest BCUT2D eigenvalue weighted by atomic mass is 16.5. The van der Waals surface area contributed by atoms with Gasteiger partial charge in [-0.1, -0.05) is 47.6 Å². The number of amides is 1. The molecule has 7 heteroatoms. The fourth-order valence-electron chi connectivity index (χ4n) is 4.46. The van der Waals surface area contributed by atoms with E-state index in [4.69, 9.17) is 5.21 Å². The lowest BCUT2D eigenvalue weighted by atomic mass is 9.87. The van der Waals surface area contributed by atoms with Crippen molar-refractivity contribution in [3.8, 4) is 0 Å². The molecule has 1 unspecified atom stereocenters. The number of fused-ring (bicyclic) bond motifs is 1. The van der Waals surface area contributed by atoms with Crippen molar-refractivity contribution in [1.29, 1.82) is 0 Å². The molecule has 4 rings (SSSR count). The molecule has 1 fully saturated rings. The van der Waals surface area contributed by atoms with Crippen molar-refractivity contribution in [2.24, 2.45) is 5.16 Å². The van der Waals surface area contributed by atoms with Gasteiger partial charge in [-0.2, -0.15) is 0 Å². The minimum Gasteiger partial charge on any atom is -0.411 e. The maximum Gasteiger partial charge on any atom is 0.267 e. The molecular weight excluding hydrogens is 392 g/mol. The molecule has 7 nitrogen and oxygen atoms in total. The lowest BCUT2D eigenvalue weighted by Crippen LogP contribution is -2.39. The predicted octanol–water partition coefficient (Wildman–Crippen LogP) is 3.81. The second-order valence-corrected chi connectivity index (χ2v) is 8.00. The van der Waals surface area contributed by atoms with Gasteiger partial charge in [-0.05, 0) is 42.2 Å². The number of likely N-dealkylation sites (tertiary alicyclic amines) is 1. The Morgan fingerprint density at radius 1 is 1.26 bits per heavy atom. The van der Waals surface area contributed by atoms with Crippen LogP contribution >= 0.6 is 0 Å². The van der Waals surface area contributed by atoms with Crippen molar-refractivity contribution in [3.05, 3.63) is 77.0 Å². The zero-order valence-corrected chi connectivity index (χ0v) is 17.4. The highest BCUT2D eigenvalue weighted by Crippen LogP contribution is 2.34. The maximum absolute atomic E-state index is 11.1. The SMILES string of the molecule is Cc1[nH]c2ccccc2c1C1C/C(=N/O)CN(Cc2ccc(/C=C/C(=O)NO)cc2)C1. The summed E-state index contributed by atoms with van der Waals surface area (Å²) in [7, 11) is 0. The number of benzene rings is 2. The molecule has 3 aromatic rings. The maximum atomic E-state index is 11.1. The molecule has 2 aromatic carbocycles. The molecule has 31 heavy (non-hydrogen) atoms. The first-order valence-electron chi connectivity index (χ1n) is 10.3. The lowest BCUT2D eigenvalue weighted by Gasteiger charge is -2.33. The highest BCUT2D eigenvalue weighted by molar-refractivity contribution is 5.91. The minimum atomic E-state index is -0.563. The Bertz CT molecular complexity index is 1130. The second-order valence-electron chi connectivity index (χ2n) is 8.00. The molecule has 1 aromatic heterocycles. The van der Waals surface area contributed by atoms with Crippen LogP contribution in [0, 0.1) is 6.92 Å². The van der Waals surface area contributed by atoms with Gasteiger partial charge in [-0.3, -0.25) is 14.9 Å². The van der Waals surface area contributed by atoms with Crippen LogP contribution in [-0.4, -0.2) is 45.0 Å². The Labute approximate surface area is 180 Å². The summed E-state index contributed by atoms with van der Waals surface area (Å²) >= 11 is 0. The topological polar surface area (TPSA) is 101 Å². The van der Waals surface area contributed by atoms with Gasteiger partial charge in [-0.15, -0.1) is 0 Å². The molecule has 1 aliphatic heterocycles. The summed E-state index contributed by atoms with van der Waals surface area (Å²) in [5, 5.41) is 22.9. The van der Waals surface area contributed by atoms with E-state index in [1.807, 2.05) is 30.3 Å². The van der Waals surface area contributed by atoms with E-state index in [9.17, 15) is 10.0 Å². The molecule has 1 saturated heterocycles. The van der Waals surface area contributed by atoms with Crippen molar-refractivity contribution in [2.45, 2.75) is 25.8 Å². The summed E-state index contributed by atoms with van der Waals surface area (Å²) in [4.78, 5) is 16.9. The van der Waals surface area contributed by atoms with E-state index in [1.54, 1.807) is 11.6 Å². The van der Waals surface area contributed by atoms with Gasteiger partial charge >= 0.3 is 0 Å². The summed E-state index contributed by atoms with van der Waals surface area (Å²) in [6.07, 6.45) is 3.66. The predicted molar refractivity (Wildman–Crippen MR) is 120 cm³/mol. The summed E-state index contributed by atoms with van der Waals surface area (Å²) in [5.74, 6) is -0.318. The minimum absolute atomic E-state index is 0.245. The number of para-hydroxylation sites is 1.